The predicted octanol–water partition coefficient (Wildman–Crippen LogP) is 1.97. The number of nitrogens with two attached hydrogens (primary N) is 1. The van der Waals surface area contributed by atoms with E-state index in [9.17, 15) is 0 Å². The number of pyridine rings is 1. The van der Waals surface area contributed by atoms with Gasteiger partial charge < -0.3 is 10.6 Å². The lowest BCUT2D eigenvalue weighted by molar-refractivity contribution is 0.598. The number of hydrogen-bond acceptors (Lipinski definition) is 3. The van der Waals surface area contributed by atoms with E-state index in [1.807, 2.05) is 12.4 Å². The molecule has 1 aliphatic rings. The van der Waals surface area contributed by atoms with Gasteiger partial charge >= 0.3 is 0 Å². The van der Waals surface area contributed by atoms with Crippen LogP contribution < -0.4 is 10.6 Å². The molecule has 1 unspecified atom stereocenters. The van der Waals surface area contributed by atoms with Gasteiger partial charge in [0.15, 0.2) is 0 Å². The second kappa shape index (κ2) is 4.78. The topological polar surface area (TPSA) is 42.1 Å². The highest BCUT2D eigenvalue weighted by molar-refractivity contribution is 5.56. The van der Waals surface area contributed by atoms with Crippen molar-refractivity contribution in [1.82, 2.24) is 4.98 Å². The molecule has 0 spiro atoms. The number of nitrogens with zero attached hydrogens (tertiary/aromatic N) is 2. The number of para-hydroxylation sites is 1. The Morgan fingerprint density at radius 1 is 1.17 bits per heavy atom. The van der Waals surface area contributed by atoms with E-state index in [-0.39, 0.29) is 6.04 Å². The number of benzene rings is 1. The van der Waals surface area contributed by atoms with Crippen LogP contribution in [0.15, 0.2) is 48.8 Å². The molecule has 0 saturated carbocycles. The first-order valence-electron chi connectivity index (χ1n) is 6.30. The Labute approximate surface area is 107 Å². The summed E-state index contributed by atoms with van der Waals surface area (Å²) in [7, 11) is 0. The molecule has 0 fully saturated rings. The van der Waals surface area contributed by atoms with Crippen molar-refractivity contribution in [2.24, 2.45) is 5.73 Å². The molecule has 0 bridgehead atoms. The van der Waals surface area contributed by atoms with Crippen LogP contribution in [0.25, 0.3) is 0 Å². The van der Waals surface area contributed by atoms with E-state index < -0.39 is 0 Å². The van der Waals surface area contributed by atoms with E-state index in [1.165, 1.54) is 16.8 Å². The van der Waals surface area contributed by atoms with Gasteiger partial charge in [0.1, 0.15) is 0 Å². The van der Waals surface area contributed by atoms with E-state index in [1.54, 1.807) is 0 Å². The molecule has 1 aromatic heterocycles. The molecule has 0 radical (unpaired) electrons. The highest BCUT2D eigenvalue weighted by Crippen LogP contribution is 2.27. The molecule has 3 nitrogen and oxygen atoms in total. The zero-order chi connectivity index (χ0) is 12.4. The molecule has 2 aromatic rings. The molecule has 92 valence electrons. The van der Waals surface area contributed by atoms with Crippen LogP contribution in [-0.4, -0.2) is 17.6 Å². The van der Waals surface area contributed by atoms with Crippen molar-refractivity contribution in [3.8, 4) is 0 Å². The Hall–Kier alpha value is -1.87. The first-order chi connectivity index (χ1) is 8.83. The fourth-order valence-corrected chi connectivity index (χ4v) is 2.58. The largest absolute Gasteiger partial charge is 0.365 e. The third-order valence-electron chi connectivity index (χ3n) is 3.39. The molecule has 2 N–H and O–H groups in total. The van der Waals surface area contributed by atoms with E-state index in [0.717, 1.165) is 19.5 Å². The van der Waals surface area contributed by atoms with Crippen LogP contribution in [0, 0.1) is 0 Å². The molecule has 0 amide bonds. The van der Waals surface area contributed by atoms with E-state index in [2.05, 4.69) is 46.3 Å². The smallest absolute Gasteiger partial charge is 0.0431 e. The van der Waals surface area contributed by atoms with Crippen molar-refractivity contribution < 1.29 is 0 Å². The number of aromatic nitrogens is 1. The van der Waals surface area contributed by atoms with Crippen molar-refractivity contribution >= 4 is 5.69 Å². The van der Waals surface area contributed by atoms with Crippen molar-refractivity contribution in [1.29, 1.82) is 0 Å². The maximum Gasteiger partial charge on any atom is 0.0431 e. The van der Waals surface area contributed by atoms with Gasteiger partial charge in [0.2, 0.25) is 0 Å². The molecule has 18 heavy (non-hydrogen) atoms. The fourth-order valence-electron chi connectivity index (χ4n) is 2.58. The number of fused-ring (bicyclic) bond motifs is 1. The Morgan fingerprint density at radius 2 is 1.94 bits per heavy atom. The lowest BCUT2D eigenvalue weighted by Gasteiger charge is -2.34. The van der Waals surface area contributed by atoms with Crippen molar-refractivity contribution in [3.63, 3.8) is 0 Å². The molecule has 0 aliphatic carbocycles. The predicted molar refractivity (Wildman–Crippen MR) is 73.4 cm³/mol. The number of hydrogen-bond donors (Lipinski definition) is 1. The fraction of sp³-hybridized carbons (Fsp3) is 0.267. The summed E-state index contributed by atoms with van der Waals surface area (Å²) in [4.78, 5) is 6.41. The zero-order valence-electron chi connectivity index (χ0n) is 10.3. The molecule has 1 aliphatic heterocycles. The van der Waals surface area contributed by atoms with Gasteiger partial charge in [-0.15, -0.1) is 0 Å². The van der Waals surface area contributed by atoms with Gasteiger partial charge in [0.05, 0.1) is 0 Å². The second-order valence-electron chi connectivity index (χ2n) is 4.83. The normalized spacial score (nSPS) is 18.5. The molecular formula is C15H17N3. The van der Waals surface area contributed by atoms with Gasteiger partial charge in [0.25, 0.3) is 0 Å². The molecular weight excluding hydrogens is 222 g/mol. The highest BCUT2D eigenvalue weighted by atomic mass is 15.2. The van der Waals surface area contributed by atoms with Crippen molar-refractivity contribution in [2.45, 2.75) is 19.0 Å². The lowest BCUT2D eigenvalue weighted by atomic mass is 9.98. The van der Waals surface area contributed by atoms with E-state index in [4.69, 9.17) is 5.73 Å². The van der Waals surface area contributed by atoms with Crippen LogP contribution >= 0.6 is 0 Å². The Bertz CT molecular complexity index is 524. The summed E-state index contributed by atoms with van der Waals surface area (Å²) in [5, 5.41) is 0. The monoisotopic (exact) mass is 239 g/mol. The summed E-state index contributed by atoms with van der Waals surface area (Å²) in [5.74, 6) is 0. The maximum absolute atomic E-state index is 6.14. The third kappa shape index (κ3) is 2.22. The third-order valence-corrected chi connectivity index (χ3v) is 3.39. The summed E-state index contributed by atoms with van der Waals surface area (Å²) in [6, 6.07) is 12.9. The van der Waals surface area contributed by atoms with Gasteiger partial charge in [-0.25, -0.2) is 0 Å². The lowest BCUT2D eigenvalue weighted by Crippen LogP contribution is -2.42. The standard InChI is InChI=1S/C15H17N3/c16-14-9-13-3-1-2-4-15(13)18(11-14)10-12-5-7-17-8-6-12/h1-8,14H,9-11,16H2. The van der Waals surface area contributed by atoms with E-state index in [0.29, 0.717) is 0 Å². The van der Waals surface area contributed by atoms with Gasteiger partial charge in [-0.3, -0.25) is 4.98 Å². The zero-order valence-corrected chi connectivity index (χ0v) is 10.3. The maximum atomic E-state index is 6.14. The Morgan fingerprint density at radius 3 is 2.78 bits per heavy atom. The second-order valence-corrected chi connectivity index (χ2v) is 4.83. The molecule has 1 atom stereocenters. The van der Waals surface area contributed by atoms with Gasteiger partial charge in [0, 0.05) is 37.2 Å². The van der Waals surface area contributed by atoms with E-state index >= 15 is 0 Å². The van der Waals surface area contributed by atoms with Gasteiger partial charge in [-0.2, -0.15) is 0 Å². The minimum Gasteiger partial charge on any atom is -0.365 e. The molecule has 1 aromatic carbocycles. The molecule has 2 heterocycles. The molecule has 0 saturated heterocycles. The van der Waals surface area contributed by atoms with Crippen LogP contribution in [0.3, 0.4) is 0 Å². The van der Waals surface area contributed by atoms with Crippen molar-refractivity contribution in [3.05, 3.63) is 59.9 Å². The average molecular weight is 239 g/mol. The summed E-state index contributed by atoms with van der Waals surface area (Å²) in [5.41, 5.74) is 10.1. The number of rotatable bonds is 2. The first kappa shape index (κ1) is 11.2. The van der Waals surface area contributed by atoms with Gasteiger partial charge in [-0.1, -0.05) is 18.2 Å². The van der Waals surface area contributed by atoms with Crippen LogP contribution in [0.1, 0.15) is 11.1 Å². The number of anilines is 1. The van der Waals surface area contributed by atoms with Gasteiger partial charge in [-0.05, 0) is 35.7 Å². The summed E-state index contributed by atoms with van der Waals surface area (Å²) in [6.45, 7) is 1.81. The Balaban J connectivity index is 1.89. The first-order valence-corrected chi connectivity index (χ1v) is 6.30. The highest BCUT2D eigenvalue weighted by Gasteiger charge is 2.21. The minimum absolute atomic E-state index is 0.224. The summed E-state index contributed by atoms with van der Waals surface area (Å²) < 4.78 is 0. The summed E-state index contributed by atoms with van der Waals surface area (Å²) >= 11 is 0. The van der Waals surface area contributed by atoms with Crippen LogP contribution in [-0.2, 0) is 13.0 Å². The molecule has 3 heteroatoms. The quantitative estimate of drug-likeness (QED) is 0.871. The average Bonchev–Trinajstić information content (AvgIpc) is 2.40. The van der Waals surface area contributed by atoms with Crippen LogP contribution in [0.5, 0.6) is 0 Å². The summed E-state index contributed by atoms with van der Waals surface area (Å²) in [6.07, 6.45) is 4.65. The van der Waals surface area contributed by atoms with Crippen LogP contribution in [0.4, 0.5) is 5.69 Å². The molecule has 3 rings (SSSR count). The van der Waals surface area contributed by atoms with Crippen LogP contribution in [0.2, 0.25) is 0 Å². The Kier molecular flexibility index (Phi) is 2.99. The minimum atomic E-state index is 0.224. The van der Waals surface area contributed by atoms with Crippen molar-refractivity contribution in [2.75, 3.05) is 11.4 Å². The SMILES string of the molecule is NC1Cc2ccccc2N(Cc2ccncc2)C1.